The van der Waals surface area contributed by atoms with Gasteiger partial charge >= 0.3 is 6.01 Å². The zero-order chi connectivity index (χ0) is 32.1. The number of piperazine rings is 1. The summed E-state index contributed by atoms with van der Waals surface area (Å²) in [6.07, 6.45) is 5.60. The number of pyridine rings is 1. The molecule has 246 valence electrons. The molecule has 9 nitrogen and oxygen atoms in total. The first-order valence-corrected chi connectivity index (χ1v) is 17.5. The Morgan fingerprint density at radius 2 is 1.79 bits per heavy atom. The second-order valence-electron chi connectivity index (χ2n) is 15.5. The molecule has 11 heteroatoms. The van der Waals surface area contributed by atoms with Gasteiger partial charge in [-0.3, -0.25) is 0 Å². The van der Waals surface area contributed by atoms with Crippen molar-refractivity contribution in [2.75, 3.05) is 44.2 Å². The molecule has 3 aliphatic carbocycles. The summed E-state index contributed by atoms with van der Waals surface area (Å²) >= 11 is 0. The van der Waals surface area contributed by atoms with Gasteiger partial charge in [0.05, 0.1) is 34.9 Å². The molecule has 6 heterocycles. The first kappa shape index (κ1) is 27.8. The Labute approximate surface area is 275 Å². The van der Waals surface area contributed by atoms with Crippen molar-refractivity contribution in [1.82, 2.24) is 29.8 Å². The average molecular weight is 650 g/mol. The molecule has 2 bridgehead atoms. The summed E-state index contributed by atoms with van der Waals surface area (Å²) in [6.45, 7) is 6.82. The summed E-state index contributed by atoms with van der Waals surface area (Å²) < 4.78 is 38.3. The molecular formula is C37H37F2N7O2. The van der Waals surface area contributed by atoms with Crippen LogP contribution in [0.3, 0.4) is 0 Å². The second kappa shape index (κ2) is 9.53. The molecule has 0 spiro atoms. The number of phenolic OH excluding ortho intramolecular Hbond substituents is 1. The highest BCUT2D eigenvalue weighted by Gasteiger charge is 2.58. The molecule has 0 radical (unpaired) electrons. The number of likely N-dealkylation sites (tertiary alicyclic amines) is 1. The van der Waals surface area contributed by atoms with E-state index >= 15 is 4.39 Å². The molecule has 2 N–H and O–H groups in total. The number of fused-ring (bicyclic) bond motifs is 10. The molecule has 11 rings (SSSR count). The Kier molecular flexibility index (Phi) is 5.53. The monoisotopic (exact) mass is 649 g/mol. The summed E-state index contributed by atoms with van der Waals surface area (Å²) in [4.78, 5) is 15.2. The molecule has 5 unspecified atom stereocenters. The molecule has 5 aromatic rings. The largest absolute Gasteiger partial charge is 0.508 e. The van der Waals surface area contributed by atoms with Gasteiger partial charge in [-0.1, -0.05) is 13.0 Å². The predicted octanol–water partition coefficient (Wildman–Crippen LogP) is 5.41. The summed E-state index contributed by atoms with van der Waals surface area (Å²) in [5, 5.41) is 21.9. The quantitative estimate of drug-likeness (QED) is 0.253. The van der Waals surface area contributed by atoms with E-state index in [1.807, 2.05) is 17.5 Å². The second-order valence-corrected chi connectivity index (χ2v) is 15.5. The van der Waals surface area contributed by atoms with Crippen molar-refractivity contribution in [3.63, 3.8) is 0 Å². The lowest BCUT2D eigenvalue weighted by atomic mass is 9.78. The fraction of sp³-hybridized carbons (Fsp3) is 0.486. The first-order chi connectivity index (χ1) is 23.3. The standard InChI is InChI=1S/C37H37F2N7O2/c1-18-28-26(38)5-2-19-10-22(47)11-23(30(19)28)34-29(18)33-31(27-6-9-40-46(27)34)35(45-12-20-3-4-21(13-45)41-20)43-36(42-33)48-17-37(7-8-37)16-44-14-24-25(15-44)32(24)39/h2,5-6,9-11,18,20-21,24-25,32,41,47H,3-4,7-8,12-17H2,1H3. The summed E-state index contributed by atoms with van der Waals surface area (Å²) in [7, 11) is 0. The topological polar surface area (TPSA) is 91.0 Å². The van der Waals surface area contributed by atoms with E-state index in [1.54, 1.807) is 24.4 Å². The molecule has 0 amide bonds. The van der Waals surface area contributed by atoms with Gasteiger partial charge in [-0.05, 0) is 60.7 Å². The Morgan fingerprint density at radius 1 is 1.00 bits per heavy atom. The fourth-order valence-corrected chi connectivity index (χ4v) is 9.78. The van der Waals surface area contributed by atoms with Gasteiger partial charge in [0.25, 0.3) is 0 Å². The SMILES string of the molecule is CC1c2c(n3nccc3c3c(N4CC5CCC(C4)N5)nc(OCC4(CN5CC6C(F)C6C5)CC4)nc23)-c2cc(O)cc3ccc(F)c1c23. The van der Waals surface area contributed by atoms with E-state index in [0.717, 1.165) is 108 Å². The third-order valence-corrected chi connectivity index (χ3v) is 12.4. The summed E-state index contributed by atoms with van der Waals surface area (Å²) in [5.74, 6) is 0.763. The predicted molar refractivity (Wildman–Crippen MR) is 178 cm³/mol. The highest BCUT2D eigenvalue weighted by Crippen LogP contribution is 2.53. The van der Waals surface area contributed by atoms with E-state index in [4.69, 9.17) is 19.8 Å². The highest BCUT2D eigenvalue weighted by atomic mass is 19.1. The number of hydrogen-bond donors (Lipinski definition) is 2. The summed E-state index contributed by atoms with van der Waals surface area (Å²) in [6, 6.07) is 9.76. The molecule has 3 saturated heterocycles. The van der Waals surface area contributed by atoms with Crippen molar-refractivity contribution >= 4 is 33.0 Å². The van der Waals surface area contributed by atoms with Crippen LogP contribution in [0.1, 0.15) is 49.7 Å². The average Bonchev–Trinajstić information content (AvgIpc) is 3.67. The van der Waals surface area contributed by atoms with Crippen molar-refractivity contribution in [2.45, 2.75) is 56.8 Å². The number of aromatic hydroxyl groups is 1. The minimum atomic E-state index is -0.607. The molecular weight excluding hydrogens is 612 g/mol. The lowest BCUT2D eigenvalue weighted by Gasteiger charge is -2.35. The van der Waals surface area contributed by atoms with Crippen LogP contribution in [0.2, 0.25) is 0 Å². The van der Waals surface area contributed by atoms with Gasteiger partial charge in [0, 0.05) is 84.7 Å². The normalized spacial score (nSPS) is 29.5. The number of rotatable bonds is 6. The highest BCUT2D eigenvalue weighted by molar-refractivity contribution is 6.11. The third-order valence-electron chi connectivity index (χ3n) is 12.4. The molecule has 6 aliphatic rings. The van der Waals surface area contributed by atoms with Gasteiger partial charge in [-0.2, -0.15) is 15.1 Å². The maximum Gasteiger partial charge on any atom is 0.318 e. The van der Waals surface area contributed by atoms with E-state index < -0.39 is 6.17 Å². The van der Waals surface area contributed by atoms with Crippen molar-refractivity contribution in [2.24, 2.45) is 17.3 Å². The number of nitrogens with one attached hydrogen (secondary N) is 1. The minimum absolute atomic E-state index is 0.0343. The number of halogens is 2. The maximum atomic E-state index is 15.9. The van der Waals surface area contributed by atoms with Gasteiger partial charge in [0.2, 0.25) is 0 Å². The summed E-state index contributed by atoms with van der Waals surface area (Å²) in [5.41, 5.74) is 4.64. The van der Waals surface area contributed by atoms with Crippen LogP contribution in [0, 0.1) is 23.1 Å². The van der Waals surface area contributed by atoms with Crippen molar-refractivity contribution < 1.29 is 18.6 Å². The number of anilines is 1. The van der Waals surface area contributed by atoms with Crippen LogP contribution < -0.4 is 15.0 Å². The van der Waals surface area contributed by atoms with Crippen LogP contribution in [0.15, 0.2) is 36.5 Å². The van der Waals surface area contributed by atoms with Crippen molar-refractivity contribution in [3.8, 4) is 23.0 Å². The number of ether oxygens (including phenoxy) is 1. The van der Waals surface area contributed by atoms with Crippen molar-refractivity contribution in [1.29, 1.82) is 0 Å². The van der Waals surface area contributed by atoms with Crippen molar-refractivity contribution in [3.05, 3.63) is 53.5 Å². The van der Waals surface area contributed by atoms with Gasteiger partial charge in [0.15, 0.2) is 0 Å². The number of hydrogen-bond acceptors (Lipinski definition) is 8. The van der Waals surface area contributed by atoms with E-state index in [0.29, 0.717) is 30.3 Å². The Hall–Kier alpha value is -4.09. The number of nitrogens with zero attached hydrogens (tertiary/aromatic N) is 6. The van der Waals surface area contributed by atoms with Gasteiger partial charge in [-0.25, -0.2) is 13.3 Å². The number of piperidine rings is 1. The molecule has 5 fully saturated rings. The van der Waals surface area contributed by atoms with Crippen LogP contribution in [-0.2, 0) is 0 Å². The van der Waals surface area contributed by atoms with Gasteiger partial charge in [0.1, 0.15) is 23.6 Å². The van der Waals surface area contributed by atoms with Crippen LogP contribution in [0.4, 0.5) is 14.6 Å². The minimum Gasteiger partial charge on any atom is -0.508 e. The van der Waals surface area contributed by atoms with E-state index in [-0.39, 0.29) is 34.7 Å². The van der Waals surface area contributed by atoms with Crippen LogP contribution in [-0.4, -0.2) is 87.2 Å². The number of aromatic nitrogens is 4. The molecule has 2 saturated carbocycles. The van der Waals surface area contributed by atoms with Crippen LogP contribution in [0.25, 0.3) is 38.4 Å². The molecule has 3 aliphatic heterocycles. The van der Waals surface area contributed by atoms with Crippen LogP contribution in [0.5, 0.6) is 11.8 Å². The van der Waals surface area contributed by atoms with Gasteiger partial charge < -0.3 is 25.0 Å². The van der Waals surface area contributed by atoms with E-state index in [1.165, 1.54) is 6.07 Å². The van der Waals surface area contributed by atoms with E-state index in [9.17, 15) is 9.50 Å². The lowest BCUT2D eigenvalue weighted by Crippen LogP contribution is -2.51. The van der Waals surface area contributed by atoms with Gasteiger partial charge in [-0.15, -0.1) is 0 Å². The lowest BCUT2D eigenvalue weighted by molar-refractivity contribution is 0.155. The molecule has 2 aromatic carbocycles. The molecule has 3 aromatic heterocycles. The molecule has 48 heavy (non-hydrogen) atoms. The number of alkyl halides is 1. The zero-order valence-electron chi connectivity index (χ0n) is 26.8. The molecule has 5 atom stereocenters. The Morgan fingerprint density at radius 3 is 2.56 bits per heavy atom. The first-order valence-electron chi connectivity index (χ1n) is 17.5. The Bertz CT molecular complexity index is 2180. The van der Waals surface area contributed by atoms with Crippen LogP contribution >= 0.6 is 0 Å². The fourth-order valence-electron chi connectivity index (χ4n) is 9.78. The zero-order valence-corrected chi connectivity index (χ0v) is 26.8. The smallest absolute Gasteiger partial charge is 0.318 e. The Balaban J connectivity index is 1.09. The maximum absolute atomic E-state index is 15.9. The third kappa shape index (κ3) is 3.91. The van der Waals surface area contributed by atoms with E-state index in [2.05, 4.69) is 15.1 Å². The number of benzene rings is 2. The number of phenols is 1.